The average Bonchev–Trinajstić information content (AvgIpc) is 3.30. The molecule has 0 amide bonds. The Morgan fingerprint density at radius 3 is 1.40 bits per heavy atom. The van der Waals surface area contributed by atoms with Crippen LogP contribution in [-0.4, -0.2) is 12.6 Å². The third kappa shape index (κ3) is 4.10. The SMILES string of the molecule is Cn1c2ccc([SH+]c3ccccc3)cc2c2cc([Si](c3ccccc3)(c3ccccc3)c3ccccc3)ccc21. The van der Waals surface area contributed by atoms with Gasteiger partial charge >= 0.3 is 0 Å². The Hall–Kier alpha value is -4.31. The lowest BCUT2D eigenvalue weighted by Crippen LogP contribution is -2.74. The quantitative estimate of drug-likeness (QED) is 0.105. The Bertz CT molecular complexity index is 1820. The largest absolute Gasteiger partial charge is 0.344 e. The molecule has 0 aliphatic heterocycles. The van der Waals surface area contributed by atoms with E-state index in [4.69, 9.17) is 0 Å². The maximum atomic E-state index is 2.50. The van der Waals surface area contributed by atoms with Crippen LogP contribution in [0.5, 0.6) is 0 Å². The molecule has 1 nitrogen and oxygen atoms in total. The molecular formula is C37H30NSSi+. The van der Waals surface area contributed by atoms with Crippen LogP contribution < -0.4 is 20.7 Å². The third-order valence-corrected chi connectivity index (χ3v) is 13.9. The van der Waals surface area contributed by atoms with Crippen LogP contribution in [0.3, 0.4) is 0 Å². The molecule has 0 spiro atoms. The van der Waals surface area contributed by atoms with Gasteiger partial charge in [-0.3, -0.25) is 0 Å². The van der Waals surface area contributed by atoms with Gasteiger partial charge in [0.25, 0.3) is 0 Å². The van der Waals surface area contributed by atoms with E-state index < -0.39 is 8.07 Å². The van der Waals surface area contributed by atoms with Crippen molar-refractivity contribution >= 4 is 62.4 Å². The van der Waals surface area contributed by atoms with Crippen molar-refractivity contribution in [2.24, 2.45) is 7.05 Å². The summed E-state index contributed by atoms with van der Waals surface area (Å²) in [6.45, 7) is 0. The molecule has 0 radical (unpaired) electrons. The van der Waals surface area contributed by atoms with Crippen LogP contribution in [0, 0.1) is 0 Å². The van der Waals surface area contributed by atoms with E-state index in [1.165, 1.54) is 64.1 Å². The van der Waals surface area contributed by atoms with Gasteiger partial charge in [0, 0.05) is 46.7 Å². The van der Waals surface area contributed by atoms with Gasteiger partial charge in [-0.05, 0) is 51.1 Å². The van der Waals surface area contributed by atoms with Crippen LogP contribution in [-0.2, 0) is 18.8 Å². The summed E-state index contributed by atoms with van der Waals surface area (Å²) in [5.74, 6) is 0. The minimum atomic E-state index is -2.58. The number of benzene rings is 6. The number of fused-ring (bicyclic) bond motifs is 3. The highest BCUT2D eigenvalue weighted by molar-refractivity contribution is 7.78. The van der Waals surface area contributed by atoms with Gasteiger partial charge < -0.3 is 4.57 Å². The van der Waals surface area contributed by atoms with Crippen molar-refractivity contribution < 1.29 is 0 Å². The van der Waals surface area contributed by atoms with Crippen molar-refractivity contribution in [3.05, 3.63) is 158 Å². The monoisotopic (exact) mass is 548 g/mol. The molecule has 7 aromatic rings. The zero-order valence-electron chi connectivity index (χ0n) is 22.4. The zero-order chi connectivity index (χ0) is 26.9. The smallest absolute Gasteiger partial charge is 0.179 e. The minimum Gasteiger partial charge on any atom is -0.344 e. The van der Waals surface area contributed by atoms with Gasteiger partial charge in [-0.15, -0.1) is 0 Å². The number of hydrogen-bond acceptors (Lipinski definition) is 0. The van der Waals surface area contributed by atoms with Crippen LogP contribution in [0.1, 0.15) is 0 Å². The zero-order valence-corrected chi connectivity index (χ0v) is 24.3. The van der Waals surface area contributed by atoms with Crippen LogP contribution in [0.25, 0.3) is 21.8 Å². The van der Waals surface area contributed by atoms with E-state index in [-0.39, 0.29) is 0 Å². The van der Waals surface area contributed by atoms with Crippen molar-refractivity contribution in [3.8, 4) is 0 Å². The number of hydrogen-bond donors (Lipinski definition) is 0. The van der Waals surface area contributed by atoms with Gasteiger partial charge in [0.1, 0.15) is 0 Å². The van der Waals surface area contributed by atoms with Gasteiger partial charge in [0.15, 0.2) is 17.9 Å². The van der Waals surface area contributed by atoms with E-state index in [0.717, 1.165) is 0 Å². The molecule has 0 saturated heterocycles. The molecule has 40 heavy (non-hydrogen) atoms. The summed E-state index contributed by atoms with van der Waals surface area (Å²) < 4.78 is 2.34. The lowest BCUT2D eigenvalue weighted by atomic mass is 10.1. The molecule has 7 rings (SSSR count). The molecule has 0 fully saturated rings. The Labute approximate surface area is 240 Å². The summed E-state index contributed by atoms with van der Waals surface area (Å²) in [6.07, 6.45) is 0. The second-order valence-electron chi connectivity index (χ2n) is 10.3. The summed E-state index contributed by atoms with van der Waals surface area (Å²) in [4.78, 5) is 2.63. The highest BCUT2D eigenvalue weighted by atomic mass is 32.2. The van der Waals surface area contributed by atoms with E-state index >= 15 is 0 Å². The average molecular weight is 549 g/mol. The van der Waals surface area contributed by atoms with Gasteiger partial charge in [0.2, 0.25) is 0 Å². The lowest BCUT2D eigenvalue weighted by molar-refractivity contribution is 1.01. The van der Waals surface area contributed by atoms with E-state index in [1.54, 1.807) is 0 Å². The first kappa shape index (κ1) is 24.7. The molecule has 3 heteroatoms. The van der Waals surface area contributed by atoms with Gasteiger partial charge in [-0.25, -0.2) is 0 Å². The van der Waals surface area contributed by atoms with Crippen molar-refractivity contribution in [1.29, 1.82) is 0 Å². The Kier molecular flexibility index (Phi) is 6.39. The van der Waals surface area contributed by atoms with Gasteiger partial charge in [-0.1, -0.05) is 121 Å². The maximum Gasteiger partial charge on any atom is 0.179 e. The Morgan fingerprint density at radius 1 is 0.425 bits per heavy atom. The molecule has 0 atom stereocenters. The molecule has 0 aliphatic rings. The lowest BCUT2D eigenvalue weighted by Gasteiger charge is -2.34. The molecule has 0 bridgehead atoms. The summed E-state index contributed by atoms with van der Waals surface area (Å²) in [7, 11) is -0.391. The fourth-order valence-electron chi connectivity index (χ4n) is 6.23. The maximum absolute atomic E-state index is 2.58. The van der Waals surface area contributed by atoms with Crippen LogP contribution >= 0.6 is 0 Å². The summed E-state index contributed by atoms with van der Waals surface area (Å²) in [5.41, 5.74) is 2.54. The molecule has 0 aliphatic carbocycles. The van der Waals surface area contributed by atoms with E-state index in [2.05, 4.69) is 169 Å². The number of rotatable bonds is 6. The van der Waals surface area contributed by atoms with Crippen molar-refractivity contribution in [1.82, 2.24) is 4.57 Å². The highest BCUT2D eigenvalue weighted by Crippen LogP contribution is 2.30. The highest BCUT2D eigenvalue weighted by Gasteiger charge is 2.41. The fourth-order valence-corrected chi connectivity index (χ4v) is 12.0. The molecule has 192 valence electrons. The predicted octanol–water partition coefficient (Wildman–Crippen LogP) is 5.94. The molecular weight excluding hydrogens is 519 g/mol. The van der Waals surface area contributed by atoms with Crippen molar-refractivity contribution in [3.63, 3.8) is 0 Å². The fraction of sp³-hybridized carbons (Fsp3) is 0.0270. The second-order valence-corrected chi connectivity index (χ2v) is 15.4. The number of nitrogens with zero attached hydrogens (tertiary/aromatic N) is 1. The summed E-state index contributed by atoms with van der Waals surface area (Å²) >= 11 is 1.23. The normalized spacial score (nSPS) is 11.7. The predicted molar refractivity (Wildman–Crippen MR) is 176 cm³/mol. The van der Waals surface area contributed by atoms with E-state index in [9.17, 15) is 0 Å². The van der Waals surface area contributed by atoms with E-state index in [0.29, 0.717) is 0 Å². The minimum absolute atomic E-state index is 1.23. The first-order valence-corrected chi connectivity index (χ1v) is 16.6. The van der Waals surface area contributed by atoms with Crippen molar-refractivity contribution in [2.75, 3.05) is 0 Å². The van der Waals surface area contributed by atoms with Gasteiger partial charge in [0.05, 0.1) is 0 Å². The van der Waals surface area contributed by atoms with Crippen LogP contribution in [0.4, 0.5) is 0 Å². The first-order valence-electron chi connectivity index (χ1n) is 13.7. The molecule has 0 N–H and O–H groups in total. The molecule has 0 unspecified atom stereocenters. The molecule has 1 heterocycles. The Balaban J connectivity index is 1.51. The summed E-state index contributed by atoms with van der Waals surface area (Å²) in [5, 5.41) is 8.24. The third-order valence-electron chi connectivity index (χ3n) is 8.06. The van der Waals surface area contributed by atoms with Gasteiger partial charge in [-0.2, -0.15) is 0 Å². The second kappa shape index (κ2) is 10.3. The van der Waals surface area contributed by atoms with E-state index in [1.807, 2.05) is 0 Å². The Morgan fingerprint density at radius 2 is 0.875 bits per heavy atom. The number of thiol groups is 1. The molecule has 1 aromatic heterocycles. The topological polar surface area (TPSA) is 4.93 Å². The summed E-state index contributed by atoms with van der Waals surface area (Å²) in [6, 6.07) is 58.4. The molecule has 0 saturated carbocycles. The molecule has 6 aromatic carbocycles. The standard InChI is InChI=1S/C37H29NSSi/c1-38-36-24-22-29(39-28-14-6-2-7-15-28)26-34(36)35-27-33(23-25-37(35)38)40(30-16-8-3-9-17-30,31-18-10-4-11-19-31)32-20-12-5-13-21-32/h2-27H,1H3/p+1. The van der Waals surface area contributed by atoms with Crippen molar-refractivity contribution in [2.45, 2.75) is 9.79 Å². The van der Waals surface area contributed by atoms with Crippen LogP contribution in [0.15, 0.2) is 168 Å². The number of aryl methyl sites for hydroxylation is 1. The van der Waals surface area contributed by atoms with Crippen LogP contribution in [0.2, 0.25) is 0 Å². The number of aromatic nitrogens is 1. The first-order chi connectivity index (χ1) is 19.7.